The quantitative estimate of drug-likeness (QED) is 0.629. The van der Waals surface area contributed by atoms with Crippen LogP contribution in [0.2, 0.25) is 0 Å². The number of carbonyl (C=O) groups excluding carboxylic acids is 1. The lowest BCUT2D eigenvalue weighted by Crippen LogP contribution is -2.49. The highest BCUT2D eigenvalue weighted by molar-refractivity contribution is 7.99. The van der Waals surface area contributed by atoms with E-state index in [0.29, 0.717) is 11.6 Å². The van der Waals surface area contributed by atoms with E-state index in [1.165, 1.54) is 16.7 Å². The Balaban J connectivity index is 1.51. The summed E-state index contributed by atoms with van der Waals surface area (Å²) in [6.45, 7) is 4.28. The van der Waals surface area contributed by atoms with Crippen LogP contribution in [-0.2, 0) is 22.6 Å². The van der Waals surface area contributed by atoms with Crippen molar-refractivity contribution in [1.82, 2.24) is 25.1 Å². The zero-order valence-electron chi connectivity index (χ0n) is 16.6. The van der Waals surface area contributed by atoms with Crippen LogP contribution in [0.4, 0.5) is 0 Å². The lowest BCUT2D eigenvalue weighted by atomic mass is 9.94. The molecule has 0 radical (unpaired) electrons. The molecule has 3 aromatic rings. The van der Waals surface area contributed by atoms with Crippen molar-refractivity contribution >= 4 is 23.6 Å². The van der Waals surface area contributed by atoms with Gasteiger partial charge in [0.25, 0.3) is 0 Å². The fraction of sp³-hybridized carbons (Fsp3) is 0.286. The van der Waals surface area contributed by atoms with Gasteiger partial charge in [-0.05, 0) is 47.0 Å². The summed E-state index contributed by atoms with van der Waals surface area (Å²) in [5.41, 5.74) is 4.96. The van der Waals surface area contributed by atoms with E-state index in [0.717, 1.165) is 27.9 Å². The summed E-state index contributed by atoms with van der Waals surface area (Å²) in [6, 6.07) is 12.7. The van der Waals surface area contributed by atoms with Gasteiger partial charge in [-0.1, -0.05) is 53.7 Å². The number of aryl methyl sites for hydroxylation is 2. The van der Waals surface area contributed by atoms with Gasteiger partial charge in [-0.25, -0.2) is 4.79 Å². The molecule has 0 spiro atoms. The number of tetrazole rings is 1. The maximum atomic E-state index is 12.9. The topological polar surface area (TPSA) is 101 Å². The minimum absolute atomic E-state index is 0.0528. The third-order valence-electron chi connectivity index (χ3n) is 5.20. The molecule has 9 heteroatoms. The molecule has 2 aromatic carbocycles. The lowest BCUT2D eigenvalue weighted by Gasteiger charge is -2.34. The molecule has 1 aliphatic heterocycles. The van der Waals surface area contributed by atoms with Crippen molar-refractivity contribution in [2.24, 2.45) is 0 Å². The van der Waals surface area contributed by atoms with Crippen molar-refractivity contribution in [2.45, 2.75) is 38.0 Å². The Morgan fingerprint density at radius 1 is 1.17 bits per heavy atom. The first-order chi connectivity index (χ1) is 14.4. The van der Waals surface area contributed by atoms with Crippen molar-refractivity contribution in [3.8, 4) is 5.69 Å². The zero-order chi connectivity index (χ0) is 21.3. The fourth-order valence-corrected chi connectivity index (χ4v) is 4.45. The van der Waals surface area contributed by atoms with Crippen LogP contribution in [0.5, 0.6) is 0 Å². The molecule has 0 aliphatic carbocycles. The third-order valence-corrected chi connectivity index (χ3v) is 6.10. The standard InChI is InChI=1S/C21H21N5O3S/c1-13-7-8-17(14(2)9-13)26-21(22-23-24-26)30-12-19(27)25-11-16-6-4-3-5-15(16)10-18(25)20(28)29/h3-9,18H,10-12H2,1-2H3,(H,28,29)/t18-/m0/s1. The minimum atomic E-state index is -0.997. The molecule has 0 unspecified atom stereocenters. The van der Waals surface area contributed by atoms with E-state index in [1.54, 1.807) is 4.68 Å². The van der Waals surface area contributed by atoms with E-state index in [9.17, 15) is 14.7 Å². The Labute approximate surface area is 177 Å². The van der Waals surface area contributed by atoms with Gasteiger partial charge in [0.1, 0.15) is 6.04 Å². The lowest BCUT2D eigenvalue weighted by molar-refractivity contribution is -0.150. The number of carboxylic acids is 1. The monoisotopic (exact) mass is 423 g/mol. The number of rotatable bonds is 5. The average molecular weight is 423 g/mol. The van der Waals surface area contributed by atoms with E-state index in [4.69, 9.17) is 0 Å². The molecule has 1 aromatic heterocycles. The molecule has 1 aliphatic rings. The molecule has 30 heavy (non-hydrogen) atoms. The second-order valence-corrected chi connectivity index (χ2v) is 8.24. The van der Waals surface area contributed by atoms with Crippen LogP contribution >= 0.6 is 11.8 Å². The molecule has 1 amide bonds. The highest BCUT2D eigenvalue weighted by Gasteiger charge is 2.34. The predicted molar refractivity (Wildman–Crippen MR) is 111 cm³/mol. The number of carbonyl (C=O) groups is 2. The van der Waals surface area contributed by atoms with E-state index in [1.807, 2.05) is 56.3 Å². The summed E-state index contributed by atoms with van der Waals surface area (Å²) in [7, 11) is 0. The largest absolute Gasteiger partial charge is 0.480 e. The van der Waals surface area contributed by atoms with Crippen molar-refractivity contribution in [3.63, 3.8) is 0 Å². The molecule has 154 valence electrons. The van der Waals surface area contributed by atoms with Gasteiger partial charge in [0.2, 0.25) is 11.1 Å². The predicted octanol–water partition coefficient (Wildman–Crippen LogP) is 2.41. The summed E-state index contributed by atoms with van der Waals surface area (Å²) < 4.78 is 1.60. The minimum Gasteiger partial charge on any atom is -0.480 e. The number of hydrogen-bond donors (Lipinski definition) is 1. The third kappa shape index (κ3) is 3.93. The molecule has 1 atom stereocenters. The smallest absolute Gasteiger partial charge is 0.326 e. The molecule has 0 saturated carbocycles. The molecule has 4 rings (SSSR count). The summed E-state index contributed by atoms with van der Waals surface area (Å²) in [6.07, 6.45) is 0.308. The Bertz CT molecular complexity index is 1110. The average Bonchev–Trinajstić information content (AvgIpc) is 3.19. The Morgan fingerprint density at radius 2 is 1.93 bits per heavy atom. The SMILES string of the molecule is Cc1ccc(-n2nnnc2SCC(=O)N2Cc3ccccc3C[C@H]2C(=O)O)c(C)c1. The molecular formula is C21H21N5O3S. The first-order valence-electron chi connectivity index (χ1n) is 9.52. The number of carboxylic acid groups (broad SMARTS) is 1. The summed E-state index contributed by atoms with van der Waals surface area (Å²) in [5, 5.41) is 22.0. The van der Waals surface area contributed by atoms with E-state index in [2.05, 4.69) is 15.5 Å². The molecule has 0 bridgehead atoms. The number of amides is 1. The van der Waals surface area contributed by atoms with Gasteiger partial charge in [0, 0.05) is 13.0 Å². The van der Waals surface area contributed by atoms with Crippen molar-refractivity contribution in [2.75, 3.05) is 5.75 Å². The fourth-order valence-electron chi connectivity index (χ4n) is 3.68. The van der Waals surface area contributed by atoms with Gasteiger partial charge in [-0.2, -0.15) is 4.68 Å². The highest BCUT2D eigenvalue weighted by Crippen LogP contribution is 2.26. The van der Waals surface area contributed by atoms with Crippen LogP contribution in [0.3, 0.4) is 0 Å². The molecule has 0 saturated heterocycles. The number of hydrogen-bond acceptors (Lipinski definition) is 6. The van der Waals surface area contributed by atoms with Gasteiger partial charge in [0.05, 0.1) is 11.4 Å². The number of fused-ring (bicyclic) bond motifs is 1. The summed E-state index contributed by atoms with van der Waals surface area (Å²) in [4.78, 5) is 26.2. The van der Waals surface area contributed by atoms with E-state index < -0.39 is 12.0 Å². The Morgan fingerprint density at radius 3 is 2.67 bits per heavy atom. The highest BCUT2D eigenvalue weighted by atomic mass is 32.2. The van der Waals surface area contributed by atoms with E-state index >= 15 is 0 Å². The second kappa shape index (κ2) is 8.27. The van der Waals surface area contributed by atoms with Gasteiger partial charge in [-0.3, -0.25) is 4.79 Å². The number of thioether (sulfide) groups is 1. The van der Waals surface area contributed by atoms with E-state index in [-0.39, 0.29) is 18.2 Å². The Kier molecular flexibility index (Phi) is 5.54. The molecule has 2 heterocycles. The number of aromatic nitrogens is 4. The maximum absolute atomic E-state index is 12.9. The molecule has 0 fully saturated rings. The van der Waals surface area contributed by atoms with Crippen LogP contribution in [0, 0.1) is 13.8 Å². The van der Waals surface area contributed by atoms with Crippen molar-refractivity contribution < 1.29 is 14.7 Å². The van der Waals surface area contributed by atoms with Crippen LogP contribution in [-0.4, -0.2) is 53.9 Å². The first kappa shape index (κ1) is 20.1. The molecular weight excluding hydrogens is 402 g/mol. The van der Waals surface area contributed by atoms with Gasteiger partial charge < -0.3 is 10.0 Å². The maximum Gasteiger partial charge on any atom is 0.326 e. The van der Waals surface area contributed by atoms with Gasteiger partial charge in [-0.15, -0.1) is 5.10 Å². The van der Waals surface area contributed by atoms with Crippen LogP contribution < -0.4 is 0 Å². The Hall–Kier alpha value is -3.20. The molecule has 8 nitrogen and oxygen atoms in total. The van der Waals surface area contributed by atoms with Crippen molar-refractivity contribution in [1.29, 1.82) is 0 Å². The van der Waals surface area contributed by atoms with Crippen LogP contribution in [0.1, 0.15) is 22.3 Å². The normalized spacial score (nSPS) is 15.7. The van der Waals surface area contributed by atoms with Crippen LogP contribution in [0.25, 0.3) is 5.69 Å². The number of benzene rings is 2. The first-order valence-corrected chi connectivity index (χ1v) is 10.5. The number of nitrogens with zero attached hydrogens (tertiary/aromatic N) is 5. The second-order valence-electron chi connectivity index (χ2n) is 7.30. The summed E-state index contributed by atoms with van der Waals surface area (Å²) in [5.74, 6) is -1.20. The molecule has 1 N–H and O–H groups in total. The van der Waals surface area contributed by atoms with Crippen LogP contribution in [0.15, 0.2) is 47.6 Å². The van der Waals surface area contributed by atoms with Gasteiger partial charge in [0.15, 0.2) is 0 Å². The van der Waals surface area contributed by atoms with Crippen molar-refractivity contribution in [3.05, 3.63) is 64.7 Å². The zero-order valence-corrected chi connectivity index (χ0v) is 17.5. The number of aliphatic carboxylic acids is 1. The van der Waals surface area contributed by atoms with Gasteiger partial charge >= 0.3 is 5.97 Å². The summed E-state index contributed by atoms with van der Waals surface area (Å²) >= 11 is 1.20.